The van der Waals surface area contributed by atoms with Gasteiger partial charge >= 0.3 is 0 Å². The maximum Gasteiger partial charge on any atom is 0.272 e. The Morgan fingerprint density at radius 3 is 2.96 bits per heavy atom. The number of aromatic amines is 1. The monoisotopic (exact) mass is 324 g/mol. The van der Waals surface area contributed by atoms with Crippen molar-refractivity contribution in [3.8, 4) is 0 Å². The van der Waals surface area contributed by atoms with Crippen molar-refractivity contribution < 1.29 is 4.74 Å². The molecule has 1 N–H and O–H groups in total. The molecule has 0 bridgehead atoms. The SMILES string of the molecule is C[C@@H]1CO[C@@H](c2ccccc2)CN1Cc1cc(=O)n2[nH]ccc2n1. The van der Waals surface area contributed by atoms with E-state index < -0.39 is 0 Å². The van der Waals surface area contributed by atoms with Crippen molar-refractivity contribution in [1.29, 1.82) is 0 Å². The minimum Gasteiger partial charge on any atom is -0.371 e. The van der Waals surface area contributed by atoms with Gasteiger partial charge in [0.1, 0.15) is 0 Å². The molecule has 6 heteroatoms. The van der Waals surface area contributed by atoms with Crippen LogP contribution in [0.15, 0.2) is 53.5 Å². The number of fused-ring (bicyclic) bond motifs is 1. The third kappa shape index (κ3) is 2.86. The lowest BCUT2D eigenvalue weighted by Crippen LogP contribution is -2.44. The summed E-state index contributed by atoms with van der Waals surface area (Å²) in [7, 11) is 0. The van der Waals surface area contributed by atoms with E-state index in [1.807, 2.05) is 18.2 Å². The zero-order chi connectivity index (χ0) is 16.5. The van der Waals surface area contributed by atoms with E-state index in [1.165, 1.54) is 10.1 Å². The molecule has 0 radical (unpaired) electrons. The maximum atomic E-state index is 12.1. The Morgan fingerprint density at radius 1 is 1.29 bits per heavy atom. The van der Waals surface area contributed by atoms with Crippen LogP contribution in [0.1, 0.15) is 24.3 Å². The number of H-pyrrole nitrogens is 1. The number of hydrogen-bond acceptors (Lipinski definition) is 4. The van der Waals surface area contributed by atoms with E-state index >= 15 is 0 Å². The zero-order valence-corrected chi connectivity index (χ0v) is 13.6. The quantitative estimate of drug-likeness (QED) is 0.800. The molecule has 3 aromatic rings. The van der Waals surface area contributed by atoms with Crippen LogP contribution in [0.2, 0.25) is 0 Å². The van der Waals surface area contributed by atoms with Crippen LogP contribution in [0, 0.1) is 0 Å². The predicted octanol–water partition coefficient (Wildman–Crippen LogP) is 1.98. The average Bonchev–Trinajstić information content (AvgIpc) is 3.07. The molecule has 0 aliphatic carbocycles. The van der Waals surface area contributed by atoms with Crippen molar-refractivity contribution in [3.63, 3.8) is 0 Å². The Morgan fingerprint density at radius 2 is 2.12 bits per heavy atom. The van der Waals surface area contributed by atoms with E-state index in [2.05, 4.69) is 34.0 Å². The number of hydrogen-bond donors (Lipinski definition) is 1. The van der Waals surface area contributed by atoms with Gasteiger partial charge in [-0.25, -0.2) is 9.50 Å². The van der Waals surface area contributed by atoms with Crippen molar-refractivity contribution >= 4 is 5.65 Å². The second-order valence-corrected chi connectivity index (χ2v) is 6.25. The van der Waals surface area contributed by atoms with Gasteiger partial charge in [-0.2, -0.15) is 0 Å². The van der Waals surface area contributed by atoms with Gasteiger partial charge in [0.15, 0.2) is 5.65 Å². The lowest BCUT2D eigenvalue weighted by atomic mass is 10.1. The van der Waals surface area contributed by atoms with Gasteiger partial charge in [-0.05, 0) is 12.5 Å². The zero-order valence-electron chi connectivity index (χ0n) is 13.6. The molecule has 1 aliphatic rings. The van der Waals surface area contributed by atoms with Gasteiger partial charge in [0, 0.05) is 37.5 Å². The van der Waals surface area contributed by atoms with Crippen molar-refractivity contribution in [2.75, 3.05) is 13.2 Å². The number of rotatable bonds is 3. The molecule has 2 aromatic heterocycles. The fourth-order valence-electron chi connectivity index (χ4n) is 3.16. The largest absolute Gasteiger partial charge is 0.371 e. The molecule has 24 heavy (non-hydrogen) atoms. The van der Waals surface area contributed by atoms with Gasteiger partial charge in [-0.3, -0.25) is 14.8 Å². The number of morpholine rings is 1. The summed E-state index contributed by atoms with van der Waals surface area (Å²) in [5.41, 5.74) is 2.54. The molecule has 124 valence electrons. The average molecular weight is 324 g/mol. The second-order valence-electron chi connectivity index (χ2n) is 6.25. The third-order valence-electron chi connectivity index (χ3n) is 4.53. The first-order valence-corrected chi connectivity index (χ1v) is 8.17. The van der Waals surface area contributed by atoms with E-state index in [1.54, 1.807) is 18.3 Å². The Labute approximate surface area is 139 Å². The lowest BCUT2D eigenvalue weighted by Gasteiger charge is -2.38. The number of nitrogens with one attached hydrogen (secondary N) is 1. The van der Waals surface area contributed by atoms with Crippen LogP contribution in [-0.2, 0) is 11.3 Å². The minimum absolute atomic E-state index is 0.0551. The highest BCUT2D eigenvalue weighted by atomic mass is 16.5. The molecule has 1 fully saturated rings. The Kier molecular flexibility index (Phi) is 3.92. The van der Waals surface area contributed by atoms with Gasteiger partial charge < -0.3 is 4.74 Å². The van der Waals surface area contributed by atoms with Crippen molar-refractivity contribution in [2.45, 2.75) is 25.6 Å². The summed E-state index contributed by atoms with van der Waals surface area (Å²) in [5, 5.41) is 2.86. The molecule has 0 saturated carbocycles. The van der Waals surface area contributed by atoms with Crippen LogP contribution >= 0.6 is 0 Å². The molecule has 0 unspecified atom stereocenters. The second kappa shape index (κ2) is 6.22. The molecule has 3 heterocycles. The molecule has 0 spiro atoms. The summed E-state index contributed by atoms with van der Waals surface area (Å²) in [6.45, 7) is 4.25. The molecule has 1 aliphatic heterocycles. The van der Waals surface area contributed by atoms with E-state index in [9.17, 15) is 4.79 Å². The number of nitrogens with zero attached hydrogens (tertiary/aromatic N) is 3. The first kappa shape index (κ1) is 15.1. The van der Waals surface area contributed by atoms with Gasteiger partial charge in [-0.1, -0.05) is 30.3 Å². The molecular weight excluding hydrogens is 304 g/mol. The highest BCUT2D eigenvalue weighted by molar-refractivity contribution is 5.36. The first-order valence-electron chi connectivity index (χ1n) is 8.17. The van der Waals surface area contributed by atoms with Gasteiger partial charge in [0.05, 0.1) is 18.4 Å². The number of aromatic nitrogens is 3. The van der Waals surface area contributed by atoms with Gasteiger partial charge in [0.2, 0.25) is 0 Å². The van der Waals surface area contributed by atoms with Crippen LogP contribution in [0.3, 0.4) is 0 Å². The molecule has 1 saturated heterocycles. The van der Waals surface area contributed by atoms with Crippen LogP contribution < -0.4 is 5.56 Å². The molecule has 6 nitrogen and oxygen atoms in total. The van der Waals surface area contributed by atoms with E-state index in [4.69, 9.17) is 4.74 Å². The number of benzene rings is 1. The molecule has 1 aromatic carbocycles. The topological polar surface area (TPSA) is 62.6 Å². The number of ether oxygens (including phenoxy) is 1. The normalized spacial score (nSPS) is 22.0. The van der Waals surface area contributed by atoms with Crippen LogP contribution in [0.5, 0.6) is 0 Å². The maximum absolute atomic E-state index is 12.1. The fraction of sp³-hybridized carbons (Fsp3) is 0.333. The summed E-state index contributed by atoms with van der Waals surface area (Å²) in [5.74, 6) is 0. The van der Waals surface area contributed by atoms with E-state index in [0.29, 0.717) is 18.8 Å². The summed E-state index contributed by atoms with van der Waals surface area (Å²) < 4.78 is 7.44. The smallest absolute Gasteiger partial charge is 0.272 e. The highest BCUT2D eigenvalue weighted by Gasteiger charge is 2.27. The molecule has 4 rings (SSSR count). The van der Waals surface area contributed by atoms with E-state index in [-0.39, 0.29) is 17.7 Å². The van der Waals surface area contributed by atoms with E-state index in [0.717, 1.165) is 12.2 Å². The van der Waals surface area contributed by atoms with Crippen LogP contribution in [0.25, 0.3) is 5.65 Å². The van der Waals surface area contributed by atoms with Crippen molar-refractivity contribution in [1.82, 2.24) is 19.5 Å². The van der Waals surface area contributed by atoms with Gasteiger partial charge in [-0.15, -0.1) is 0 Å². The van der Waals surface area contributed by atoms with Crippen molar-refractivity contribution in [2.24, 2.45) is 0 Å². The van der Waals surface area contributed by atoms with Crippen LogP contribution in [0.4, 0.5) is 0 Å². The minimum atomic E-state index is -0.0829. The van der Waals surface area contributed by atoms with Gasteiger partial charge in [0.25, 0.3) is 5.56 Å². The Bertz CT molecular complexity index is 887. The Hall–Kier alpha value is -2.44. The summed E-state index contributed by atoms with van der Waals surface area (Å²) in [6, 6.07) is 14.0. The predicted molar refractivity (Wildman–Crippen MR) is 90.8 cm³/mol. The van der Waals surface area contributed by atoms with Crippen molar-refractivity contribution in [3.05, 3.63) is 70.3 Å². The molecule has 2 atom stereocenters. The summed E-state index contributed by atoms with van der Waals surface area (Å²) >= 11 is 0. The summed E-state index contributed by atoms with van der Waals surface area (Å²) in [4.78, 5) is 19.0. The lowest BCUT2D eigenvalue weighted by molar-refractivity contribution is -0.0636. The highest BCUT2D eigenvalue weighted by Crippen LogP contribution is 2.25. The fourth-order valence-corrected chi connectivity index (χ4v) is 3.16. The summed E-state index contributed by atoms with van der Waals surface area (Å²) in [6.07, 6.45) is 1.77. The third-order valence-corrected chi connectivity index (χ3v) is 4.53. The van der Waals surface area contributed by atoms with Crippen LogP contribution in [-0.4, -0.2) is 38.7 Å². The first-order chi connectivity index (χ1) is 11.7. The molecule has 0 amide bonds. The molecular formula is C18H20N4O2. The Balaban J connectivity index is 1.56. The standard InChI is InChI=1S/C18H20N4O2/c1-13-12-24-16(14-5-3-2-4-6-14)11-21(13)10-15-9-18(23)22-17(20-15)7-8-19-22/h2-9,13,16,19H,10-12H2,1H3/t13-,16-/m1/s1.